The number of anilines is 3. The Morgan fingerprint density at radius 3 is 2.28 bits per heavy atom. The van der Waals surface area contributed by atoms with Gasteiger partial charge in [0.2, 0.25) is 0 Å². The summed E-state index contributed by atoms with van der Waals surface area (Å²) in [6.07, 6.45) is -3.43. The molecule has 0 unspecified atom stereocenters. The number of alkyl halides is 3. The van der Waals surface area contributed by atoms with Gasteiger partial charge in [-0.2, -0.15) is 0 Å². The second-order valence-corrected chi connectivity index (χ2v) is 8.02. The fourth-order valence-corrected chi connectivity index (χ4v) is 4.07. The summed E-state index contributed by atoms with van der Waals surface area (Å²) >= 11 is 12.8. The Labute approximate surface area is 211 Å². The van der Waals surface area contributed by atoms with Crippen LogP contribution < -0.4 is 30.9 Å². The van der Waals surface area contributed by atoms with Crippen molar-refractivity contribution in [3.05, 3.63) is 63.1 Å². The molecule has 3 N–H and O–H groups in total. The molecule has 0 saturated carbocycles. The second-order valence-electron chi connectivity index (χ2n) is 7.26. The van der Waals surface area contributed by atoms with E-state index in [9.17, 15) is 18.0 Å². The van der Waals surface area contributed by atoms with Gasteiger partial charge in [0.05, 0.1) is 41.2 Å². The van der Waals surface area contributed by atoms with Crippen LogP contribution in [-0.4, -0.2) is 25.6 Å². The zero-order chi connectivity index (χ0) is 26.2. The number of nitrogens with zero attached hydrogens (tertiary/aromatic N) is 1. The van der Waals surface area contributed by atoms with E-state index in [0.29, 0.717) is 5.39 Å². The number of ether oxygens (including phenoxy) is 3. The molecular formula is C23H16Cl2F3N3O5. The van der Waals surface area contributed by atoms with Gasteiger partial charge in [-0.1, -0.05) is 23.2 Å². The summed E-state index contributed by atoms with van der Waals surface area (Å²) in [5.41, 5.74) is 5.72. The highest BCUT2D eigenvalue weighted by Gasteiger charge is 2.31. The maximum atomic E-state index is 12.9. The minimum atomic E-state index is -4.85. The highest BCUT2D eigenvalue weighted by molar-refractivity contribution is 6.41. The number of halogens is 5. The Hall–Kier alpha value is -3.83. The van der Waals surface area contributed by atoms with Gasteiger partial charge >= 0.3 is 12.0 Å². The Bertz CT molecular complexity index is 1500. The van der Waals surface area contributed by atoms with E-state index < -0.39 is 17.7 Å². The monoisotopic (exact) mass is 541 g/mol. The van der Waals surface area contributed by atoms with Gasteiger partial charge in [-0.15, -0.1) is 13.2 Å². The summed E-state index contributed by atoms with van der Waals surface area (Å²) in [5, 5.41) is 3.48. The van der Waals surface area contributed by atoms with Gasteiger partial charge in [0.15, 0.2) is 0 Å². The molecule has 0 atom stereocenters. The predicted molar refractivity (Wildman–Crippen MR) is 130 cm³/mol. The van der Waals surface area contributed by atoms with Crippen LogP contribution in [0.3, 0.4) is 0 Å². The van der Waals surface area contributed by atoms with Crippen LogP contribution in [0.1, 0.15) is 0 Å². The Balaban J connectivity index is 1.71. The Morgan fingerprint density at radius 1 is 1.03 bits per heavy atom. The standard InChI is InChI=1S/C23H16Cl2F3N3O5/c1-33-16-7-17(34-2)21(25)19(20(16)24)12-5-10-9-30-18(8-15(10)35-22(12)32)31-14-4-3-11(6-13(14)29)36-23(26,27)28/h3-9H,29H2,1-2H3,(H,30,31). The highest BCUT2D eigenvalue weighted by Crippen LogP contribution is 2.45. The van der Waals surface area contributed by atoms with Gasteiger partial charge < -0.3 is 29.7 Å². The van der Waals surface area contributed by atoms with Gasteiger partial charge in [0.1, 0.15) is 28.6 Å². The SMILES string of the molecule is COc1cc(OC)c(Cl)c(-c2cc3cnc(Nc4ccc(OC(F)(F)F)cc4N)cc3oc2=O)c1Cl. The number of benzene rings is 2. The van der Waals surface area contributed by atoms with E-state index in [1.165, 1.54) is 44.7 Å². The number of hydrogen-bond donors (Lipinski definition) is 2. The first-order valence-corrected chi connectivity index (χ1v) is 10.7. The van der Waals surface area contributed by atoms with Crippen molar-refractivity contribution in [2.75, 3.05) is 25.3 Å². The van der Waals surface area contributed by atoms with Gasteiger partial charge in [-0.05, 0) is 18.2 Å². The highest BCUT2D eigenvalue weighted by atomic mass is 35.5. The third-order valence-corrected chi connectivity index (χ3v) is 5.73. The number of nitrogens with one attached hydrogen (secondary N) is 1. The molecule has 0 amide bonds. The maximum Gasteiger partial charge on any atom is 0.573 e. The van der Waals surface area contributed by atoms with Crippen molar-refractivity contribution < 1.29 is 31.8 Å². The third-order valence-electron chi connectivity index (χ3n) is 4.98. The quantitative estimate of drug-likeness (QED) is 0.270. The molecule has 2 heterocycles. The van der Waals surface area contributed by atoms with E-state index in [4.69, 9.17) is 42.8 Å². The molecule has 0 aliphatic rings. The van der Waals surface area contributed by atoms with Crippen molar-refractivity contribution in [2.24, 2.45) is 0 Å². The molecule has 2 aromatic heterocycles. The lowest BCUT2D eigenvalue weighted by Crippen LogP contribution is -2.17. The van der Waals surface area contributed by atoms with Gasteiger partial charge in [0, 0.05) is 35.3 Å². The van der Waals surface area contributed by atoms with Gasteiger partial charge in [-0.25, -0.2) is 9.78 Å². The predicted octanol–water partition coefficient (Wildman–Crippen LogP) is 6.40. The summed E-state index contributed by atoms with van der Waals surface area (Å²) in [6, 6.07) is 7.82. The molecule has 0 saturated heterocycles. The smallest absolute Gasteiger partial charge is 0.495 e. The zero-order valence-electron chi connectivity index (χ0n) is 18.5. The van der Waals surface area contributed by atoms with E-state index in [-0.39, 0.29) is 55.4 Å². The summed E-state index contributed by atoms with van der Waals surface area (Å²) in [4.78, 5) is 17.1. The van der Waals surface area contributed by atoms with Crippen LogP contribution in [0.15, 0.2) is 51.8 Å². The van der Waals surface area contributed by atoms with E-state index in [1.807, 2.05) is 0 Å². The molecule has 0 bridgehead atoms. The molecule has 188 valence electrons. The van der Waals surface area contributed by atoms with Crippen LogP contribution in [0.5, 0.6) is 17.2 Å². The topological polar surface area (TPSA) is 109 Å². The van der Waals surface area contributed by atoms with E-state index >= 15 is 0 Å². The van der Waals surface area contributed by atoms with Crippen LogP contribution in [0.25, 0.3) is 22.1 Å². The molecule has 0 spiro atoms. The molecular weight excluding hydrogens is 526 g/mol. The summed E-state index contributed by atoms with van der Waals surface area (Å²) in [6.45, 7) is 0. The maximum absolute atomic E-state index is 12.9. The van der Waals surface area contributed by atoms with Crippen LogP contribution in [-0.2, 0) is 0 Å². The molecule has 0 radical (unpaired) electrons. The van der Waals surface area contributed by atoms with Crippen molar-refractivity contribution in [1.82, 2.24) is 4.98 Å². The van der Waals surface area contributed by atoms with Crippen LogP contribution in [0.2, 0.25) is 10.0 Å². The number of fused-ring (bicyclic) bond motifs is 1. The van der Waals surface area contributed by atoms with Crippen molar-refractivity contribution in [1.29, 1.82) is 0 Å². The second kappa shape index (κ2) is 9.67. The Kier molecular flexibility index (Phi) is 6.79. The lowest BCUT2D eigenvalue weighted by Gasteiger charge is -2.14. The van der Waals surface area contributed by atoms with Crippen LogP contribution >= 0.6 is 23.2 Å². The lowest BCUT2D eigenvalue weighted by atomic mass is 10.1. The van der Waals surface area contributed by atoms with Gasteiger partial charge in [-0.3, -0.25) is 0 Å². The van der Waals surface area contributed by atoms with Crippen molar-refractivity contribution in [3.63, 3.8) is 0 Å². The number of hydrogen-bond acceptors (Lipinski definition) is 8. The summed E-state index contributed by atoms with van der Waals surface area (Å²) < 4.78 is 57.0. The number of rotatable bonds is 6. The van der Waals surface area contributed by atoms with Crippen LogP contribution in [0, 0.1) is 0 Å². The number of nitrogens with two attached hydrogens (primary N) is 1. The van der Waals surface area contributed by atoms with Gasteiger partial charge in [0.25, 0.3) is 0 Å². The first kappa shape index (κ1) is 25.3. The molecule has 36 heavy (non-hydrogen) atoms. The fourth-order valence-electron chi connectivity index (χ4n) is 3.37. The zero-order valence-corrected chi connectivity index (χ0v) is 20.0. The minimum absolute atomic E-state index is 0.0216. The minimum Gasteiger partial charge on any atom is -0.495 e. The molecule has 4 rings (SSSR count). The van der Waals surface area contributed by atoms with Crippen molar-refractivity contribution in [2.45, 2.75) is 6.36 Å². The third kappa shape index (κ3) is 5.07. The number of pyridine rings is 1. The average Bonchev–Trinajstić information content (AvgIpc) is 2.80. The Morgan fingerprint density at radius 2 is 1.69 bits per heavy atom. The number of nitrogen functional groups attached to an aromatic ring is 1. The van der Waals surface area contributed by atoms with Crippen molar-refractivity contribution in [3.8, 4) is 28.4 Å². The number of aromatic nitrogens is 1. The first-order chi connectivity index (χ1) is 17.0. The van der Waals surface area contributed by atoms with Crippen molar-refractivity contribution >= 4 is 51.4 Å². The molecule has 0 aliphatic heterocycles. The lowest BCUT2D eigenvalue weighted by molar-refractivity contribution is -0.274. The summed E-state index contributed by atoms with van der Waals surface area (Å²) in [5.74, 6) is 0.236. The van der Waals surface area contributed by atoms with E-state index in [2.05, 4.69) is 15.0 Å². The average molecular weight is 542 g/mol. The molecule has 2 aromatic carbocycles. The molecule has 4 aromatic rings. The van der Waals surface area contributed by atoms with Crippen LogP contribution in [0.4, 0.5) is 30.4 Å². The largest absolute Gasteiger partial charge is 0.573 e. The van der Waals surface area contributed by atoms with E-state index in [0.717, 1.165) is 12.1 Å². The molecule has 8 nitrogen and oxygen atoms in total. The normalized spacial score (nSPS) is 11.4. The van der Waals surface area contributed by atoms with E-state index in [1.54, 1.807) is 0 Å². The molecule has 13 heteroatoms. The number of methoxy groups -OCH3 is 2. The molecule has 0 aliphatic carbocycles. The fraction of sp³-hybridized carbons (Fsp3) is 0.130. The molecule has 0 fully saturated rings. The first-order valence-electron chi connectivity index (χ1n) is 9.97. The summed E-state index contributed by atoms with van der Waals surface area (Å²) in [7, 11) is 2.81.